The number of benzene rings is 1. The van der Waals surface area contributed by atoms with Crippen LogP contribution in [0, 0.1) is 19.8 Å². The molecule has 1 aromatic rings. The maximum atomic E-state index is 6.19. The summed E-state index contributed by atoms with van der Waals surface area (Å²) < 4.78 is 0. The molecule has 0 amide bonds. The van der Waals surface area contributed by atoms with Crippen LogP contribution in [0.25, 0.3) is 0 Å². The Morgan fingerprint density at radius 1 is 1.38 bits per heavy atom. The molecule has 0 radical (unpaired) electrons. The molecule has 1 saturated heterocycles. The predicted molar refractivity (Wildman–Crippen MR) is 73.0 cm³/mol. The summed E-state index contributed by atoms with van der Waals surface area (Å²) >= 11 is 2.06. The van der Waals surface area contributed by atoms with E-state index in [1.807, 2.05) is 0 Å². The number of aryl methyl sites for hydroxylation is 2. The van der Waals surface area contributed by atoms with Gasteiger partial charge < -0.3 is 5.73 Å². The van der Waals surface area contributed by atoms with Crippen molar-refractivity contribution in [2.24, 2.45) is 11.7 Å². The number of nitrogens with two attached hydrogens (primary N) is 1. The van der Waals surface area contributed by atoms with Gasteiger partial charge in [-0.2, -0.15) is 11.8 Å². The summed E-state index contributed by atoms with van der Waals surface area (Å²) in [5.41, 5.74) is 10.4. The molecule has 88 valence electrons. The molecule has 0 bridgehead atoms. The Balaban J connectivity index is 2.07. The average molecular weight is 235 g/mol. The quantitative estimate of drug-likeness (QED) is 0.853. The first-order chi connectivity index (χ1) is 7.66. The molecule has 1 aromatic carbocycles. The molecular formula is C14H21NS. The van der Waals surface area contributed by atoms with E-state index in [9.17, 15) is 0 Å². The van der Waals surface area contributed by atoms with Crippen molar-refractivity contribution in [1.29, 1.82) is 0 Å². The lowest BCUT2D eigenvalue weighted by atomic mass is 9.90. The van der Waals surface area contributed by atoms with Gasteiger partial charge >= 0.3 is 0 Å². The smallest absolute Gasteiger partial charge is 0.00860 e. The molecule has 1 aliphatic rings. The van der Waals surface area contributed by atoms with Crippen LogP contribution in [-0.2, 0) is 6.42 Å². The Hall–Kier alpha value is -0.470. The van der Waals surface area contributed by atoms with Gasteiger partial charge in [-0.25, -0.2) is 0 Å². The van der Waals surface area contributed by atoms with Gasteiger partial charge in [-0.1, -0.05) is 23.8 Å². The van der Waals surface area contributed by atoms with Gasteiger partial charge in [0.15, 0.2) is 0 Å². The highest BCUT2D eigenvalue weighted by molar-refractivity contribution is 7.99. The molecule has 1 aliphatic heterocycles. The van der Waals surface area contributed by atoms with E-state index >= 15 is 0 Å². The molecule has 0 saturated carbocycles. The first-order valence-electron chi connectivity index (χ1n) is 6.06. The Kier molecular flexibility index (Phi) is 3.93. The lowest BCUT2D eigenvalue weighted by Crippen LogP contribution is -2.36. The Bertz CT molecular complexity index is 362. The maximum Gasteiger partial charge on any atom is 0.00860 e. The summed E-state index contributed by atoms with van der Waals surface area (Å²) in [6.07, 6.45) is 2.33. The van der Waals surface area contributed by atoms with Gasteiger partial charge in [-0.15, -0.1) is 0 Å². The first-order valence-corrected chi connectivity index (χ1v) is 7.22. The molecule has 0 spiro atoms. The minimum atomic E-state index is 0.405. The second-order valence-corrected chi connectivity index (χ2v) is 6.07. The van der Waals surface area contributed by atoms with Crippen molar-refractivity contribution < 1.29 is 0 Å². The minimum Gasteiger partial charge on any atom is -0.327 e. The number of thioether (sulfide) groups is 1. The molecule has 2 rings (SSSR count). The van der Waals surface area contributed by atoms with Gasteiger partial charge in [-0.05, 0) is 55.2 Å². The van der Waals surface area contributed by atoms with Crippen LogP contribution >= 0.6 is 11.8 Å². The molecule has 1 nitrogen and oxygen atoms in total. The Morgan fingerprint density at radius 2 is 2.19 bits per heavy atom. The summed E-state index contributed by atoms with van der Waals surface area (Å²) in [7, 11) is 0. The van der Waals surface area contributed by atoms with Gasteiger partial charge in [0.25, 0.3) is 0 Å². The molecular weight excluding hydrogens is 214 g/mol. The van der Waals surface area contributed by atoms with E-state index in [0.29, 0.717) is 12.0 Å². The fraction of sp³-hybridized carbons (Fsp3) is 0.571. The van der Waals surface area contributed by atoms with Gasteiger partial charge in [0.1, 0.15) is 0 Å². The molecule has 2 atom stereocenters. The van der Waals surface area contributed by atoms with Gasteiger partial charge in [-0.3, -0.25) is 0 Å². The van der Waals surface area contributed by atoms with E-state index in [1.165, 1.54) is 34.6 Å². The zero-order chi connectivity index (χ0) is 11.5. The van der Waals surface area contributed by atoms with Crippen molar-refractivity contribution in [3.8, 4) is 0 Å². The summed E-state index contributed by atoms with van der Waals surface area (Å²) in [6, 6.07) is 7.17. The minimum absolute atomic E-state index is 0.405. The predicted octanol–water partition coefficient (Wildman–Crippen LogP) is 2.93. The van der Waals surface area contributed by atoms with Crippen molar-refractivity contribution >= 4 is 11.8 Å². The van der Waals surface area contributed by atoms with Crippen LogP contribution in [0.2, 0.25) is 0 Å². The molecule has 2 unspecified atom stereocenters. The van der Waals surface area contributed by atoms with Gasteiger partial charge in [0.2, 0.25) is 0 Å². The highest BCUT2D eigenvalue weighted by atomic mass is 32.2. The highest BCUT2D eigenvalue weighted by Crippen LogP contribution is 2.26. The van der Waals surface area contributed by atoms with E-state index in [2.05, 4.69) is 43.8 Å². The summed E-state index contributed by atoms with van der Waals surface area (Å²) in [5.74, 6) is 3.14. The lowest BCUT2D eigenvalue weighted by Gasteiger charge is -2.28. The number of hydrogen-bond donors (Lipinski definition) is 1. The van der Waals surface area contributed by atoms with E-state index in [-0.39, 0.29) is 0 Å². The van der Waals surface area contributed by atoms with Crippen LogP contribution in [0.5, 0.6) is 0 Å². The SMILES string of the molecule is Cc1ccc(CC2CSCCC2N)c(C)c1. The van der Waals surface area contributed by atoms with Crippen molar-refractivity contribution in [3.63, 3.8) is 0 Å². The van der Waals surface area contributed by atoms with Gasteiger partial charge in [0.05, 0.1) is 0 Å². The second kappa shape index (κ2) is 5.24. The normalized spacial score (nSPS) is 25.7. The van der Waals surface area contributed by atoms with E-state index < -0.39 is 0 Å². The molecule has 16 heavy (non-hydrogen) atoms. The molecule has 2 N–H and O–H groups in total. The van der Waals surface area contributed by atoms with E-state index in [1.54, 1.807) is 0 Å². The molecule has 0 aromatic heterocycles. The van der Waals surface area contributed by atoms with Crippen molar-refractivity contribution in [3.05, 3.63) is 34.9 Å². The summed E-state index contributed by atoms with van der Waals surface area (Å²) in [4.78, 5) is 0. The highest BCUT2D eigenvalue weighted by Gasteiger charge is 2.22. The van der Waals surface area contributed by atoms with Crippen LogP contribution in [0.1, 0.15) is 23.1 Å². The molecule has 1 fully saturated rings. The van der Waals surface area contributed by atoms with Crippen LogP contribution in [0.3, 0.4) is 0 Å². The van der Waals surface area contributed by atoms with E-state index in [4.69, 9.17) is 5.73 Å². The third-order valence-corrected chi connectivity index (χ3v) is 4.70. The summed E-state index contributed by atoms with van der Waals surface area (Å²) in [5, 5.41) is 0. The number of hydrogen-bond acceptors (Lipinski definition) is 2. The topological polar surface area (TPSA) is 26.0 Å². The Morgan fingerprint density at radius 3 is 2.88 bits per heavy atom. The van der Waals surface area contributed by atoms with Crippen molar-refractivity contribution in [2.45, 2.75) is 32.7 Å². The molecule has 2 heteroatoms. The zero-order valence-corrected chi connectivity index (χ0v) is 11.0. The third-order valence-electron chi connectivity index (χ3n) is 3.51. The summed E-state index contributed by atoms with van der Waals surface area (Å²) in [6.45, 7) is 4.36. The monoisotopic (exact) mass is 235 g/mol. The molecule has 1 heterocycles. The number of rotatable bonds is 2. The fourth-order valence-corrected chi connectivity index (χ4v) is 3.65. The standard InChI is InChI=1S/C14H21NS/c1-10-3-4-12(11(2)7-10)8-13-9-16-6-5-14(13)15/h3-4,7,13-14H,5-6,8-9,15H2,1-2H3. The zero-order valence-electron chi connectivity index (χ0n) is 10.2. The second-order valence-electron chi connectivity index (χ2n) is 4.92. The van der Waals surface area contributed by atoms with Crippen LogP contribution < -0.4 is 5.73 Å². The fourth-order valence-electron chi connectivity index (χ4n) is 2.38. The third kappa shape index (κ3) is 2.80. The van der Waals surface area contributed by atoms with Crippen LogP contribution in [0.4, 0.5) is 0 Å². The maximum absolute atomic E-state index is 6.19. The van der Waals surface area contributed by atoms with Gasteiger partial charge in [0, 0.05) is 6.04 Å². The van der Waals surface area contributed by atoms with E-state index in [0.717, 1.165) is 6.42 Å². The Labute approximate surface area is 103 Å². The lowest BCUT2D eigenvalue weighted by molar-refractivity contribution is 0.440. The molecule has 0 aliphatic carbocycles. The van der Waals surface area contributed by atoms with Crippen molar-refractivity contribution in [2.75, 3.05) is 11.5 Å². The first kappa shape index (κ1) is 12.0. The van der Waals surface area contributed by atoms with Crippen molar-refractivity contribution in [1.82, 2.24) is 0 Å². The van der Waals surface area contributed by atoms with Crippen LogP contribution in [0.15, 0.2) is 18.2 Å². The largest absolute Gasteiger partial charge is 0.327 e. The van der Waals surface area contributed by atoms with Crippen LogP contribution in [-0.4, -0.2) is 17.5 Å². The average Bonchev–Trinajstić information content (AvgIpc) is 2.25.